The zero-order valence-corrected chi connectivity index (χ0v) is 16.4. The summed E-state index contributed by atoms with van der Waals surface area (Å²) in [4.78, 5) is 11.0. The van der Waals surface area contributed by atoms with E-state index < -0.39 is 0 Å². The number of aryl methyl sites for hydroxylation is 1. The molecule has 2 aromatic heterocycles. The largest absolute Gasteiger partial charge is 0.468 e. The Hall–Kier alpha value is -2.34. The van der Waals surface area contributed by atoms with E-state index in [1.165, 1.54) is 30.4 Å². The molecule has 6 heteroatoms. The molecule has 1 atom stereocenters. The van der Waals surface area contributed by atoms with E-state index in [4.69, 9.17) is 4.42 Å². The zero-order valence-electron chi connectivity index (χ0n) is 16.4. The molecule has 1 fully saturated rings. The van der Waals surface area contributed by atoms with Gasteiger partial charge < -0.3 is 15.1 Å². The number of nitrogens with one attached hydrogen (secondary N) is 2. The van der Waals surface area contributed by atoms with E-state index in [0.29, 0.717) is 0 Å². The number of guanidine groups is 1. The van der Waals surface area contributed by atoms with E-state index in [1.807, 2.05) is 25.5 Å². The molecule has 3 rings (SSSR count). The summed E-state index contributed by atoms with van der Waals surface area (Å²) < 4.78 is 5.72. The second-order valence-electron chi connectivity index (χ2n) is 7.06. The van der Waals surface area contributed by atoms with E-state index >= 15 is 0 Å². The Bertz CT molecular complexity index is 707. The summed E-state index contributed by atoms with van der Waals surface area (Å²) in [6.45, 7) is 5.96. The number of rotatable bonds is 7. The van der Waals surface area contributed by atoms with Crippen LogP contribution >= 0.6 is 0 Å². The Labute approximate surface area is 162 Å². The van der Waals surface area contributed by atoms with Crippen LogP contribution in [0.2, 0.25) is 0 Å². The first kappa shape index (κ1) is 19.4. The maximum Gasteiger partial charge on any atom is 0.191 e. The number of aliphatic imine (C=N–C) groups is 1. The van der Waals surface area contributed by atoms with Gasteiger partial charge in [0.2, 0.25) is 0 Å². The number of hydrogen-bond acceptors (Lipinski definition) is 4. The minimum absolute atomic E-state index is 0.237. The fourth-order valence-electron chi connectivity index (χ4n) is 3.63. The highest BCUT2D eigenvalue weighted by Gasteiger charge is 2.24. The summed E-state index contributed by atoms with van der Waals surface area (Å²) in [6.07, 6.45) is 10.3. The number of hydrogen-bond donors (Lipinski definition) is 2. The molecule has 3 heterocycles. The SMILES string of the molecule is CN=C(NCCc1ccncc1C)NCC(c1ccco1)N1CCCCC1. The maximum atomic E-state index is 5.72. The Balaban J connectivity index is 1.52. The van der Waals surface area contributed by atoms with Gasteiger partial charge in [0, 0.05) is 32.5 Å². The van der Waals surface area contributed by atoms with Crippen molar-refractivity contribution in [2.24, 2.45) is 4.99 Å². The number of piperidine rings is 1. The van der Waals surface area contributed by atoms with Crippen molar-refractivity contribution >= 4 is 5.96 Å². The normalized spacial score (nSPS) is 16.9. The van der Waals surface area contributed by atoms with Crippen molar-refractivity contribution < 1.29 is 4.42 Å². The smallest absolute Gasteiger partial charge is 0.191 e. The number of nitrogens with zero attached hydrogens (tertiary/aromatic N) is 3. The standard InChI is InChI=1S/C21H31N5O/c1-17-15-23-10-8-18(17)9-11-24-21(22-2)25-16-19(20-7-6-14-27-20)26-12-4-3-5-13-26/h6-8,10,14-15,19H,3-5,9,11-13,16H2,1-2H3,(H2,22,24,25). The molecule has 2 N–H and O–H groups in total. The van der Waals surface area contributed by atoms with Crippen LogP contribution in [0.1, 0.15) is 42.2 Å². The van der Waals surface area contributed by atoms with Crippen LogP contribution < -0.4 is 10.6 Å². The first-order valence-electron chi connectivity index (χ1n) is 9.89. The van der Waals surface area contributed by atoms with Gasteiger partial charge in [0.1, 0.15) is 5.76 Å². The maximum absolute atomic E-state index is 5.72. The minimum Gasteiger partial charge on any atom is -0.468 e. The summed E-state index contributed by atoms with van der Waals surface area (Å²) in [5, 5.41) is 6.90. The third-order valence-electron chi connectivity index (χ3n) is 5.21. The van der Waals surface area contributed by atoms with Gasteiger partial charge in [-0.1, -0.05) is 6.42 Å². The van der Waals surface area contributed by atoms with Crippen LogP contribution in [0.3, 0.4) is 0 Å². The summed E-state index contributed by atoms with van der Waals surface area (Å²) in [6, 6.07) is 6.36. The second-order valence-corrected chi connectivity index (χ2v) is 7.06. The highest BCUT2D eigenvalue weighted by molar-refractivity contribution is 5.79. The molecule has 0 amide bonds. The Kier molecular flexibility index (Phi) is 7.27. The van der Waals surface area contributed by atoms with Gasteiger partial charge in [0.25, 0.3) is 0 Å². The van der Waals surface area contributed by atoms with E-state index in [1.54, 1.807) is 6.26 Å². The molecule has 0 radical (unpaired) electrons. The van der Waals surface area contributed by atoms with Crippen LogP contribution in [-0.2, 0) is 6.42 Å². The monoisotopic (exact) mass is 369 g/mol. The summed E-state index contributed by atoms with van der Waals surface area (Å²) in [7, 11) is 1.82. The quantitative estimate of drug-likeness (QED) is 0.580. The molecule has 1 unspecified atom stereocenters. The van der Waals surface area contributed by atoms with Gasteiger partial charge in [0.05, 0.1) is 12.3 Å². The molecular formula is C21H31N5O. The molecule has 0 bridgehead atoms. The van der Waals surface area contributed by atoms with Crippen LogP contribution in [0, 0.1) is 6.92 Å². The third kappa shape index (κ3) is 5.57. The van der Waals surface area contributed by atoms with Crippen LogP contribution in [0.4, 0.5) is 0 Å². The average molecular weight is 370 g/mol. The highest BCUT2D eigenvalue weighted by atomic mass is 16.3. The molecule has 146 valence electrons. The molecule has 6 nitrogen and oxygen atoms in total. The lowest BCUT2D eigenvalue weighted by atomic mass is 10.1. The van der Waals surface area contributed by atoms with Crippen molar-refractivity contribution in [3.63, 3.8) is 0 Å². The molecule has 0 spiro atoms. The Morgan fingerprint density at radius 1 is 1.26 bits per heavy atom. The van der Waals surface area contributed by atoms with Crippen molar-refractivity contribution in [1.29, 1.82) is 0 Å². The average Bonchev–Trinajstić information content (AvgIpc) is 3.23. The Morgan fingerprint density at radius 3 is 2.81 bits per heavy atom. The lowest BCUT2D eigenvalue weighted by Crippen LogP contribution is -2.44. The van der Waals surface area contributed by atoms with E-state index in [9.17, 15) is 0 Å². The third-order valence-corrected chi connectivity index (χ3v) is 5.21. The molecule has 0 aromatic carbocycles. The molecule has 27 heavy (non-hydrogen) atoms. The highest BCUT2D eigenvalue weighted by Crippen LogP contribution is 2.24. The van der Waals surface area contributed by atoms with Crippen LogP contribution in [0.25, 0.3) is 0 Å². The molecule has 1 aliphatic heterocycles. The fourth-order valence-corrected chi connectivity index (χ4v) is 3.63. The van der Waals surface area contributed by atoms with Gasteiger partial charge in [0.15, 0.2) is 5.96 Å². The van der Waals surface area contributed by atoms with Gasteiger partial charge in [-0.3, -0.25) is 14.9 Å². The molecule has 1 aliphatic rings. The molecule has 0 aliphatic carbocycles. The molecule has 2 aromatic rings. The number of likely N-dealkylation sites (tertiary alicyclic amines) is 1. The van der Waals surface area contributed by atoms with Crippen molar-refractivity contribution in [2.45, 2.75) is 38.6 Å². The summed E-state index contributed by atoms with van der Waals surface area (Å²) in [5.41, 5.74) is 2.54. The van der Waals surface area contributed by atoms with E-state index in [-0.39, 0.29) is 6.04 Å². The number of pyridine rings is 1. The number of furan rings is 1. The molecule has 0 saturated carbocycles. The van der Waals surface area contributed by atoms with Crippen LogP contribution in [0.5, 0.6) is 0 Å². The van der Waals surface area contributed by atoms with Crippen molar-refractivity contribution in [2.75, 3.05) is 33.2 Å². The molecule has 1 saturated heterocycles. The Morgan fingerprint density at radius 2 is 2.11 bits per heavy atom. The summed E-state index contributed by atoms with van der Waals surface area (Å²) in [5.74, 6) is 1.85. The predicted molar refractivity (Wildman–Crippen MR) is 109 cm³/mol. The summed E-state index contributed by atoms with van der Waals surface area (Å²) >= 11 is 0. The minimum atomic E-state index is 0.237. The van der Waals surface area contributed by atoms with Gasteiger partial charge >= 0.3 is 0 Å². The van der Waals surface area contributed by atoms with Crippen molar-refractivity contribution in [1.82, 2.24) is 20.5 Å². The lowest BCUT2D eigenvalue weighted by Gasteiger charge is -2.33. The first-order chi connectivity index (χ1) is 13.3. The van der Waals surface area contributed by atoms with Gasteiger partial charge in [-0.15, -0.1) is 0 Å². The zero-order chi connectivity index (χ0) is 18.9. The fraction of sp³-hybridized carbons (Fsp3) is 0.524. The topological polar surface area (TPSA) is 65.7 Å². The van der Waals surface area contributed by atoms with Gasteiger partial charge in [-0.05, 0) is 68.6 Å². The van der Waals surface area contributed by atoms with Crippen LogP contribution in [-0.4, -0.2) is 49.1 Å². The van der Waals surface area contributed by atoms with Crippen LogP contribution in [0.15, 0.2) is 46.3 Å². The second kappa shape index (κ2) is 10.1. The van der Waals surface area contributed by atoms with Gasteiger partial charge in [-0.25, -0.2) is 0 Å². The van der Waals surface area contributed by atoms with E-state index in [2.05, 4.69) is 44.6 Å². The first-order valence-corrected chi connectivity index (χ1v) is 9.89. The predicted octanol–water partition coefficient (Wildman–Crippen LogP) is 2.92. The number of aromatic nitrogens is 1. The van der Waals surface area contributed by atoms with Gasteiger partial charge in [-0.2, -0.15) is 0 Å². The lowest BCUT2D eigenvalue weighted by molar-refractivity contribution is 0.146. The van der Waals surface area contributed by atoms with Crippen molar-refractivity contribution in [3.8, 4) is 0 Å². The van der Waals surface area contributed by atoms with E-state index in [0.717, 1.165) is 44.3 Å². The molecular weight excluding hydrogens is 338 g/mol. The van der Waals surface area contributed by atoms with Crippen molar-refractivity contribution in [3.05, 3.63) is 53.7 Å².